The van der Waals surface area contributed by atoms with E-state index < -0.39 is 29.8 Å². The molecule has 78 valence electrons. The minimum Gasteiger partial charge on any atom is -0.494 e. The van der Waals surface area contributed by atoms with Gasteiger partial charge in [-0.3, -0.25) is 0 Å². The summed E-state index contributed by atoms with van der Waals surface area (Å²) in [6.07, 6.45) is 0. The molecule has 0 spiro atoms. The number of ether oxygens (including phenoxy) is 1. The molecule has 0 aromatic heterocycles. The Hall–Kier alpha value is 0.371. The average molecular weight is 250 g/mol. The zero-order valence-electron chi connectivity index (χ0n) is 8.03. The van der Waals surface area contributed by atoms with Crippen LogP contribution in [0.3, 0.4) is 0 Å². The predicted molar refractivity (Wildman–Crippen MR) is 41.6 cm³/mol. The Kier molecular flexibility index (Phi) is 5.77. The van der Waals surface area contributed by atoms with Crippen LogP contribution >= 0.6 is 0 Å². The van der Waals surface area contributed by atoms with Crippen molar-refractivity contribution >= 4 is 12.4 Å². The van der Waals surface area contributed by atoms with Crippen molar-refractivity contribution in [3.8, 4) is 5.75 Å². The van der Waals surface area contributed by atoms with Gasteiger partial charge in [-0.05, 0) is 17.6 Å². The molecule has 0 aliphatic heterocycles. The Balaban J connectivity index is 0.00000196. The van der Waals surface area contributed by atoms with Gasteiger partial charge in [-0.25, -0.2) is 8.78 Å². The van der Waals surface area contributed by atoms with Crippen molar-refractivity contribution < 1.29 is 77.8 Å². The van der Waals surface area contributed by atoms with Crippen LogP contribution in [0.15, 0.2) is 12.1 Å². The molecule has 1 nitrogen and oxygen atoms in total. The van der Waals surface area contributed by atoms with E-state index in [1.165, 1.54) is 0 Å². The molecule has 0 amide bonds. The molecule has 0 bridgehead atoms. The molecule has 0 fully saturated rings. The van der Waals surface area contributed by atoms with Crippen molar-refractivity contribution in [1.29, 1.82) is 0 Å². The monoisotopic (exact) mass is 250 g/mol. The van der Waals surface area contributed by atoms with E-state index in [2.05, 4.69) is 4.74 Å². The molecule has 0 atom stereocenters. The molecule has 0 aliphatic carbocycles. The fraction of sp³-hybridized carbons (Fsp3) is 0.143. The summed E-state index contributed by atoms with van der Waals surface area (Å²) in [6, 6.07) is 1.32. The maximum Gasteiger partial charge on any atom is 1.00 e. The van der Waals surface area contributed by atoms with E-state index in [4.69, 9.17) is 0 Å². The van der Waals surface area contributed by atoms with Crippen molar-refractivity contribution in [2.75, 3.05) is 7.11 Å². The normalized spacial score (nSPS) is 10.8. The maximum absolute atomic E-state index is 13.0. The van der Waals surface area contributed by atoms with Crippen LogP contribution in [-0.4, -0.2) is 14.1 Å². The molecular formula is C7H5BF5KO. The topological polar surface area (TPSA) is 9.23 Å². The molecule has 0 heterocycles. The molecule has 0 N–H and O–H groups in total. The van der Waals surface area contributed by atoms with E-state index in [-0.39, 0.29) is 51.4 Å². The maximum atomic E-state index is 13.0. The number of methoxy groups -OCH3 is 1. The van der Waals surface area contributed by atoms with E-state index in [9.17, 15) is 21.7 Å². The molecule has 1 aromatic rings. The number of halogens is 5. The van der Waals surface area contributed by atoms with Crippen molar-refractivity contribution in [2.24, 2.45) is 0 Å². The Morgan fingerprint density at radius 1 is 1.13 bits per heavy atom. The summed E-state index contributed by atoms with van der Waals surface area (Å²) in [5.74, 6) is -3.96. The second-order valence-corrected chi connectivity index (χ2v) is 2.55. The van der Waals surface area contributed by atoms with E-state index in [1.807, 2.05) is 0 Å². The van der Waals surface area contributed by atoms with Crippen molar-refractivity contribution in [2.45, 2.75) is 0 Å². The molecule has 0 saturated carbocycles. The third-order valence-corrected chi connectivity index (χ3v) is 1.64. The largest absolute Gasteiger partial charge is 1.00 e. The third-order valence-electron chi connectivity index (χ3n) is 1.64. The molecule has 0 aliphatic rings. The van der Waals surface area contributed by atoms with Crippen molar-refractivity contribution in [3.05, 3.63) is 23.8 Å². The SMILES string of the molecule is COc1ccc(F)c([B-](F)(F)F)c1F.[K+]. The first-order valence-electron chi connectivity index (χ1n) is 3.59. The number of rotatable bonds is 2. The summed E-state index contributed by atoms with van der Waals surface area (Å²) < 4.78 is 66.4. The number of hydrogen-bond donors (Lipinski definition) is 0. The second-order valence-electron chi connectivity index (χ2n) is 2.55. The summed E-state index contributed by atoms with van der Waals surface area (Å²) in [6.45, 7) is -5.71. The summed E-state index contributed by atoms with van der Waals surface area (Å²) >= 11 is 0. The van der Waals surface area contributed by atoms with Crippen LogP contribution in [0.5, 0.6) is 5.75 Å². The minimum atomic E-state index is -5.71. The first-order chi connectivity index (χ1) is 6.38. The minimum absolute atomic E-state index is 0. The van der Waals surface area contributed by atoms with Gasteiger partial charge in [0.25, 0.3) is 0 Å². The molecule has 15 heavy (non-hydrogen) atoms. The molecular weight excluding hydrogens is 245 g/mol. The average Bonchev–Trinajstić information content (AvgIpc) is 2.02. The van der Waals surface area contributed by atoms with Gasteiger partial charge in [-0.1, -0.05) is 0 Å². The predicted octanol–water partition coefficient (Wildman–Crippen LogP) is -0.968. The first kappa shape index (κ1) is 15.4. The van der Waals surface area contributed by atoms with Gasteiger partial charge in [-0.2, -0.15) is 0 Å². The molecule has 1 aromatic carbocycles. The van der Waals surface area contributed by atoms with Crippen molar-refractivity contribution in [1.82, 2.24) is 0 Å². The van der Waals surface area contributed by atoms with Gasteiger partial charge in [0.1, 0.15) is 5.82 Å². The fourth-order valence-corrected chi connectivity index (χ4v) is 1.01. The van der Waals surface area contributed by atoms with Gasteiger partial charge in [0.15, 0.2) is 5.75 Å². The van der Waals surface area contributed by atoms with Gasteiger partial charge in [-0.15, -0.1) is 0 Å². The van der Waals surface area contributed by atoms with Gasteiger partial charge in [0.05, 0.1) is 12.9 Å². The Labute approximate surface area is 125 Å². The quantitative estimate of drug-likeness (QED) is 0.485. The van der Waals surface area contributed by atoms with Gasteiger partial charge >= 0.3 is 58.4 Å². The van der Waals surface area contributed by atoms with Crippen LogP contribution in [0, 0.1) is 11.6 Å². The van der Waals surface area contributed by atoms with Gasteiger partial charge < -0.3 is 17.7 Å². The second kappa shape index (κ2) is 5.63. The Bertz CT molecular complexity index is 354. The summed E-state index contributed by atoms with van der Waals surface area (Å²) in [5.41, 5.74) is -1.87. The van der Waals surface area contributed by atoms with E-state index in [0.717, 1.165) is 13.2 Å². The summed E-state index contributed by atoms with van der Waals surface area (Å²) in [4.78, 5) is 0. The zero-order valence-corrected chi connectivity index (χ0v) is 11.2. The number of hydrogen-bond acceptors (Lipinski definition) is 1. The van der Waals surface area contributed by atoms with E-state index >= 15 is 0 Å². The van der Waals surface area contributed by atoms with Crippen LogP contribution < -0.4 is 61.6 Å². The van der Waals surface area contributed by atoms with Crippen molar-refractivity contribution in [3.63, 3.8) is 0 Å². The molecule has 8 heteroatoms. The van der Waals surface area contributed by atoms with Crippen LogP contribution in [-0.2, 0) is 0 Å². The molecule has 0 unspecified atom stereocenters. The Morgan fingerprint density at radius 3 is 2.07 bits per heavy atom. The van der Waals surface area contributed by atoms with Crippen LogP contribution in [0.25, 0.3) is 0 Å². The van der Waals surface area contributed by atoms with Crippen LogP contribution in [0.1, 0.15) is 0 Å². The summed E-state index contributed by atoms with van der Waals surface area (Å²) in [7, 11) is 1.00. The zero-order chi connectivity index (χ0) is 10.9. The fourth-order valence-electron chi connectivity index (χ4n) is 1.01. The van der Waals surface area contributed by atoms with E-state index in [1.54, 1.807) is 0 Å². The van der Waals surface area contributed by atoms with Crippen LogP contribution in [0.2, 0.25) is 0 Å². The van der Waals surface area contributed by atoms with Gasteiger partial charge in [0, 0.05) is 0 Å². The Morgan fingerprint density at radius 2 is 1.67 bits per heavy atom. The van der Waals surface area contributed by atoms with Gasteiger partial charge in [0.2, 0.25) is 0 Å². The smallest absolute Gasteiger partial charge is 0.494 e. The standard InChI is InChI=1S/C7H5BF5O.K/c1-14-5-3-2-4(9)6(7(5)10)8(11,12)13;/h2-3H,1H3;/q-1;+1. The third kappa shape index (κ3) is 3.42. The molecule has 0 saturated heterocycles. The summed E-state index contributed by atoms with van der Waals surface area (Å²) in [5, 5.41) is 0. The molecule has 1 rings (SSSR count). The molecule has 0 radical (unpaired) electrons. The first-order valence-corrected chi connectivity index (χ1v) is 3.59. The van der Waals surface area contributed by atoms with E-state index in [0.29, 0.717) is 6.07 Å². The van der Waals surface area contributed by atoms with Crippen LogP contribution in [0.4, 0.5) is 21.7 Å². The number of benzene rings is 1.